The third-order valence-corrected chi connectivity index (χ3v) is 8.67. The average Bonchev–Trinajstić information content (AvgIpc) is 3.34. The van der Waals surface area contributed by atoms with Gasteiger partial charge in [0.15, 0.2) is 11.0 Å². The molecule has 8 nitrogen and oxygen atoms in total. The molecule has 11 heteroatoms. The van der Waals surface area contributed by atoms with Gasteiger partial charge in [0.05, 0.1) is 30.0 Å². The molecule has 1 saturated carbocycles. The number of ether oxygens (including phenoxy) is 1. The molecule has 0 bridgehead atoms. The Kier molecular flexibility index (Phi) is 10.0. The van der Waals surface area contributed by atoms with Crippen LogP contribution in [-0.4, -0.2) is 45.7 Å². The van der Waals surface area contributed by atoms with Crippen LogP contribution in [0.25, 0.3) is 0 Å². The Morgan fingerprint density at radius 2 is 2.03 bits per heavy atom. The average molecular weight is 575 g/mol. The zero-order chi connectivity index (χ0) is 27.9. The van der Waals surface area contributed by atoms with Gasteiger partial charge in [0.2, 0.25) is 5.91 Å². The largest absolute Gasteiger partial charge is 0.466 e. The van der Waals surface area contributed by atoms with Crippen LogP contribution in [-0.2, 0) is 31.9 Å². The van der Waals surface area contributed by atoms with Crippen LogP contribution in [0.3, 0.4) is 0 Å². The first-order valence-corrected chi connectivity index (χ1v) is 15.5. The van der Waals surface area contributed by atoms with Crippen molar-refractivity contribution in [2.24, 2.45) is 16.2 Å². The van der Waals surface area contributed by atoms with Crippen molar-refractivity contribution in [3.05, 3.63) is 53.8 Å². The van der Waals surface area contributed by atoms with Gasteiger partial charge >= 0.3 is 5.97 Å². The molecule has 4 atom stereocenters. The Bertz CT molecular complexity index is 1240. The minimum atomic E-state index is -1.67. The highest BCUT2D eigenvalue weighted by Gasteiger charge is 2.37. The molecule has 39 heavy (non-hydrogen) atoms. The molecule has 1 fully saturated rings. The van der Waals surface area contributed by atoms with Crippen LogP contribution in [0.4, 0.5) is 15.8 Å². The van der Waals surface area contributed by atoms with Crippen LogP contribution in [0.1, 0.15) is 51.5 Å². The number of nitrogens with zero attached hydrogens (tertiary/aromatic N) is 2. The summed E-state index contributed by atoms with van der Waals surface area (Å²) in [6.45, 7) is 4.42. The van der Waals surface area contributed by atoms with Crippen molar-refractivity contribution in [3.63, 3.8) is 0 Å². The van der Waals surface area contributed by atoms with E-state index >= 15 is 0 Å². The van der Waals surface area contributed by atoms with Gasteiger partial charge in [-0.2, -0.15) is 4.40 Å². The van der Waals surface area contributed by atoms with E-state index in [0.29, 0.717) is 22.3 Å². The van der Waals surface area contributed by atoms with Gasteiger partial charge in [0.25, 0.3) is 0 Å². The van der Waals surface area contributed by atoms with E-state index < -0.39 is 11.0 Å². The van der Waals surface area contributed by atoms with Crippen molar-refractivity contribution in [2.75, 3.05) is 22.9 Å². The fraction of sp³-hybridized carbons (Fsp3) is 0.464. The number of esters is 1. The van der Waals surface area contributed by atoms with E-state index in [0.717, 1.165) is 30.5 Å². The highest BCUT2D eigenvalue weighted by molar-refractivity contribution is 7.99. The Hall–Kier alpha value is -2.92. The number of hydrogen-bond acceptors (Lipinski definition) is 7. The molecule has 0 spiro atoms. The van der Waals surface area contributed by atoms with Crippen LogP contribution in [0.15, 0.2) is 51.8 Å². The molecule has 0 radical (unpaired) electrons. The number of fused-ring (bicyclic) bond motifs is 1. The molecule has 2 unspecified atom stereocenters. The summed E-state index contributed by atoms with van der Waals surface area (Å²) in [5, 5.41) is 3.16. The van der Waals surface area contributed by atoms with Gasteiger partial charge < -0.3 is 19.7 Å². The number of nitrogens with one attached hydrogen (secondary N) is 2. The van der Waals surface area contributed by atoms with E-state index in [-0.39, 0.29) is 55.6 Å². The quantitative estimate of drug-likeness (QED) is 0.269. The van der Waals surface area contributed by atoms with Gasteiger partial charge in [-0.05, 0) is 67.5 Å². The number of carbonyl (C=O) groups is 2. The van der Waals surface area contributed by atoms with Crippen LogP contribution >= 0.6 is 11.9 Å². The van der Waals surface area contributed by atoms with Crippen LogP contribution in [0, 0.1) is 17.7 Å². The summed E-state index contributed by atoms with van der Waals surface area (Å²) < 4.78 is 39.2. The van der Waals surface area contributed by atoms with E-state index in [1.54, 1.807) is 30.0 Å². The molecular formula is C28H35FN4O4S2. The second-order valence-electron chi connectivity index (χ2n) is 10.0. The van der Waals surface area contributed by atoms with Crippen LogP contribution in [0.5, 0.6) is 0 Å². The number of rotatable bonds is 11. The van der Waals surface area contributed by atoms with Gasteiger partial charge in [-0.3, -0.25) is 9.59 Å². The molecular weight excluding hydrogens is 539 g/mol. The van der Waals surface area contributed by atoms with E-state index in [9.17, 15) is 18.2 Å². The number of carbonyl (C=O) groups excluding carboxylic acids is 2. The number of anilines is 2. The molecule has 2 aromatic carbocycles. The summed E-state index contributed by atoms with van der Waals surface area (Å²) in [6.07, 6.45) is 4.70. The monoisotopic (exact) mass is 574 g/mol. The maximum absolute atomic E-state index is 13.9. The number of benzene rings is 2. The predicted molar refractivity (Wildman–Crippen MR) is 154 cm³/mol. The summed E-state index contributed by atoms with van der Waals surface area (Å²) in [6, 6.07) is 11.1. The van der Waals surface area contributed by atoms with Gasteiger partial charge in [-0.15, -0.1) is 0 Å². The summed E-state index contributed by atoms with van der Waals surface area (Å²) >= 11 is 1.43. The lowest BCUT2D eigenvalue weighted by atomic mass is 9.92. The minimum Gasteiger partial charge on any atom is -0.466 e. The Balaban J connectivity index is 1.60. The first-order chi connectivity index (χ1) is 18.8. The first-order valence-electron chi connectivity index (χ1n) is 13.2. The maximum atomic E-state index is 13.9. The Morgan fingerprint density at radius 3 is 2.69 bits per heavy atom. The third-order valence-electron chi connectivity index (χ3n) is 7.13. The molecule has 1 amide bonds. The molecule has 2 N–H and O–H groups in total. The molecule has 4 rings (SSSR count). The molecule has 2 aliphatic rings. The van der Waals surface area contributed by atoms with Crippen molar-refractivity contribution >= 4 is 52.0 Å². The number of hydrogen-bond donors (Lipinski definition) is 2. The van der Waals surface area contributed by atoms with Gasteiger partial charge in [-0.25, -0.2) is 8.60 Å². The molecule has 0 aromatic heterocycles. The molecule has 2 aromatic rings. The fourth-order valence-electron chi connectivity index (χ4n) is 5.30. The normalized spacial score (nSPS) is 20.8. The van der Waals surface area contributed by atoms with Crippen molar-refractivity contribution < 1.29 is 22.9 Å². The van der Waals surface area contributed by atoms with E-state index in [2.05, 4.69) is 21.4 Å². The van der Waals surface area contributed by atoms with E-state index in [1.165, 1.54) is 24.1 Å². The lowest BCUT2D eigenvalue weighted by molar-refractivity contribution is -0.147. The summed E-state index contributed by atoms with van der Waals surface area (Å²) in [4.78, 5) is 28.8. The lowest BCUT2D eigenvalue weighted by Gasteiger charge is -2.36. The molecule has 210 valence electrons. The minimum absolute atomic E-state index is 0.0814. The zero-order valence-electron chi connectivity index (χ0n) is 22.4. The summed E-state index contributed by atoms with van der Waals surface area (Å²) in [5.74, 6) is -0.0295. The second-order valence-corrected chi connectivity index (χ2v) is 11.7. The molecule has 1 aliphatic heterocycles. The van der Waals surface area contributed by atoms with E-state index in [4.69, 9.17) is 4.74 Å². The second kappa shape index (κ2) is 13.4. The summed E-state index contributed by atoms with van der Waals surface area (Å²) in [7, 11) is -1.67. The zero-order valence-corrected chi connectivity index (χ0v) is 24.1. The standard InChI is InChI=1S/C28H35FN4O4S2/c1-4-37-28(35)15-24(20-8-5-18(2)13-20)33(17-19-6-9-21(29)10-7-19)27(34)16-26-30-23-12-11-22(31-38-3)14-25(23)39(36)32-26/h6-7,9-12,14,18,20,24,31H,4-5,8,13,15-17H2,1-3H3,(H,30,32)/t18-,20?,24+,39?/m0/s1. The first kappa shape index (κ1) is 29.1. The molecule has 1 heterocycles. The Morgan fingerprint density at radius 1 is 1.26 bits per heavy atom. The van der Waals surface area contributed by atoms with Crippen LogP contribution in [0.2, 0.25) is 0 Å². The van der Waals surface area contributed by atoms with Crippen LogP contribution < -0.4 is 10.0 Å². The van der Waals surface area contributed by atoms with E-state index in [1.807, 2.05) is 18.4 Å². The third kappa shape index (κ3) is 7.60. The van der Waals surface area contributed by atoms with Crippen molar-refractivity contribution in [2.45, 2.75) is 63.4 Å². The molecule has 1 aliphatic carbocycles. The van der Waals surface area contributed by atoms with Gasteiger partial charge in [0, 0.05) is 24.5 Å². The maximum Gasteiger partial charge on any atom is 0.307 e. The van der Waals surface area contributed by atoms with Gasteiger partial charge in [0.1, 0.15) is 11.7 Å². The molecule has 0 saturated heterocycles. The highest BCUT2D eigenvalue weighted by atomic mass is 32.2. The van der Waals surface area contributed by atoms with Crippen molar-refractivity contribution in [3.8, 4) is 0 Å². The predicted octanol–water partition coefficient (Wildman–Crippen LogP) is 5.54. The topological polar surface area (TPSA) is 100 Å². The Labute approximate surface area is 235 Å². The number of halogens is 1. The fourth-order valence-corrected chi connectivity index (χ4v) is 6.61. The summed E-state index contributed by atoms with van der Waals surface area (Å²) in [5.41, 5.74) is 2.20. The SMILES string of the molecule is CCOC(=O)C[C@H](C1CC[C@H](C)C1)N(Cc1ccc(F)cc1)C(=O)CC1=NS(=O)c2cc(NSC)ccc2N1. The highest BCUT2D eigenvalue weighted by Crippen LogP contribution is 2.37. The van der Waals surface area contributed by atoms with Crippen molar-refractivity contribution in [1.82, 2.24) is 4.90 Å². The number of amides is 1. The van der Waals surface area contributed by atoms with Crippen molar-refractivity contribution in [1.29, 1.82) is 0 Å². The lowest BCUT2D eigenvalue weighted by Crippen LogP contribution is -2.46. The smallest absolute Gasteiger partial charge is 0.307 e. The number of amidine groups is 1. The van der Waals surface area contributed by atoms with Gasteiger partial charge in [-0.1, -0.05) is 37.4 Å².